The minimum absolute atomic E-state index is 0.0660. The number of rotatable bonds is 4. The minimum Gasteiger partial charge on any atom is -0.369 e. The summed E-state index contributed by atoms with van der Waals surface area (Å²) >= 11 is 0. The molecule has 5 rings (SSSR count). The zero-order valence-corrected chi connectivity index (χ0v) is 21.2. The number of fused-ring (bicyclic) bond motifs is 3. The van der Waals surface area contributed by atoms with E-state index in [0.29, 0.717) is 29.2 Å². The Kier molecular flexibility index (Phi) is 5.92. The van der Waals surface area contributed by atoms with Crippen LogP contribution in [0.4, 0.5) is 19.0 Å². The molecule has 0 amide bonds. The number of aromatic nitrogens is 4. The van der Waals surface area contributed by atoms with Crippen molar-refractivity contribution < 1.29 is 13.2 Å². The SMILES string of the molecule is Cc1nc2n3c(c(-c4ccc(=O)n(C)c4)cc-2c(=N[C@H](C)c2cccc(C(F)F)c2F)n1)NCC3(C)C. The number of hydrogen-bond acceptors (Lipinski definition) is 5. The summed E-state index contributed by atoms with van der Waals surface area (Å²) in [5, 5.41) is 3.48. The van der Waals surface area contributed by atoms with E-state index in [1.165, 1.54) is 22.8 Å². The number of aryl methyl sites for hydroxylation is 2. The molecule has 0 radical (unpaired) electrons. The Morgan fingerprint density at radius 2 is 1.84 bits per heavy atom. The van der Waals surface area contributed by atoms with Gasteiger partial charge in [-0.2, -0.15) is 0 Å². The van der Waals surface area contributed by atoms with Crippen LogP contribution in [0.2, 0.25) is 0 Å². The van der Waals surface area contributed by atoms with Gasteiger partial charge in [-0.05, 0) is 39.8 Å². The summed E-state index contributed by atoms with van der Waals surface area (Å²) in [5.41, 5.74) is 1.56. The van der Waals surface area contributed by atoms with Crippen molar-refractivity contribution in [3.63, 3.8) is 0 Å². The van der Waals surface area contributed by atoms with Crippen LogP contribution in [0.25, 0.3) is 22.5 Å². The van der Waals surface area contributed by atoms with Gasteiger partial charge in [0.2, 0.25) is 5.56 Å². The highest BCUT2D eigenvalue weighted by Crippen LogP contribution is 2.41. The third kappa shape index (κ3) is 4.20. The molecule has 0 saturated carbocycles. The van der Waals surface area contributed by atoms with Crippen molar-refractivity contribution in [3.8, 4) is 22.5 Å². The molecule has 0 fully saturated rings. The molecule has 4 heterocycles. The highest BCUT2D eigenvalue weighted by molar-refractivity contribution is 5.82. The van der Waals surface area contributed by atoms with Crippen LogP contribution in [-0.4, -0.2) is 25.6 Å². The molecule has 1 N–H and O–H groups in total. The summed E-state index contributed by atoms with van der Waals surface area (Å²) in [6, 6.07) is 8.35. The number of alkyl halides is 2. The van der Waals surface area contributed by atoms with Crippen LogP contribution < -0.4 is 16.4 Å². The van der Waals surface area contributed by atoms with Gasteiger partial charge < -0.3 is 14.5 Å². The number of benzene rings is 1. The number of halogens is 3. The number of nitrogens with zero attached hydrogens (tertiary/aromatic N) is 5. The number of anilines is 1. The van der Waals surface area contributed by atoms with Gasteiger partial charge in [-0.15, -0.1) is 0 Å². The first-order valence-electron chi connectivity index (χ1n) is 11.9. The molecule has 3 aliphatic rings. The van der Waals surface area contributed by atoms with E-state index in [0.717, 1.165) is 23.0 Å². The third-order valence-electron chi connectivity index (χ3n) is 6.75. The molecular formula is C27H27F3N6O. The standard InChI is InChI=1S/C27H27F3N6O/c1-14(17-7-6-8-18(22(17)28)23(29)30)32-24-20-11-19(16-9-10-21(37)35(5)12-16)25-31-13-27(3,4)36(25)26(20)34-15(2)33-24/h6-12,14,23,31H,13H2,1-5H3/t14-/m1/s1. The molecule has 7 nitrogen and oxygen atoms in total. The Bertz CT molecular complexity index is 1620. The van der Waals surface area contributed by atoms with E-state index in [-0.39, 0.29) is 16.7 Å². The third-order valence-corrected chi connectivity index (χ3v) is 6.75. The maximum atomic E-state index is 14.9. The van der Waals surface area contributed by atoms with Gasteiger partial charge in [-0.3, -0.25) is 9.79 Å². The molecule has 37 heavy (non-hydrogen) atoms. The molecule has 0 bridgehead atoms. The largest absolute Gasteiger partial charge is 0.369 e. The average molecular weight is 509 g/mol. The van der Waals surface area contributed by atoms with Crippen LogP contribution in [0.15, 0.2) is 52.4 Å². The Morgan fingerprint density at radius 1 is 1.11 bits per heavy atom. The summed E-state index contributed by atoms with van der Waals surface area (Å²) in [7, 11) is 1.69. The van der Waals surface area contributed by atoms with Crippen molar-refractivity contribution in [1.82, 2.24) is 19.1 Å². The lowest BCUT2D eigenvalue weighted by Crippen LogP contribution is -2.30. The second-order valence-electron chi connectivity index (χ2n) is 9.96. The van der Waals surface area contributed by atoms with Crippen LogP contribution in [-0.2, 0) is 12.6 Å². The summed E-state index contributed by atoms with van der Waals surface area (Å²) < 4.78 is 45.1. The number of pyridine rings is 2. The molecule has 0 aliphatic carbocycles. The Labute approximate surface area is 211 Å². The normalized spacial score (nSPS) is 15.8. The smallest absolute Gasteiger partial charge is 0.266 e. The maximum absolute atomic E-state index is 14.9. The first-order valence-corrected chi connectivity index (χ1v) is 11.9. The average Bonchev–Trinajstić information content (AvgIpc) is 3.16. The Hall–Kier alpha value is -3.95. The van der Waals surface area contributed by atoms with Gasteiger partial charge in [0.25, 0.3) is 6.43 Å². The molecule has 0 spiro atoms. The highest BCUT2D eigenvalue weighted by Gasteiger charge is 2.35. The molecule has 2 aromatic rings. The summed E-state index contributed by atoms with van der Waals surface area (Å²) in [6.45, 7) is 8.23. The molecule has 0 saturated heterocycles. The van der Waals surface area contributed by atoms with E-state index in [2.05, 4.69) is 28.7 Å². The molecule has 1 atom stereocenters. The molecule has 10 heteroatoms. The monoisotopic (exact) mass is 508 g/mol. The topological polar surface area (TPSA) is 77.1 Å². The lowest BCUT2D eigenvalue weighted by Gasteiger charge is -2.26. The van der Waals surface area contributed by atoms with Gasteiger partial charge in [0.1, 0.15) is 23.3 Å². The first-order chi connectivity index (χ1) is 17.5. The van der Waals surface area contributed by atoms with E-state index < -0.39 is 23.8 Å². The zero-order chi connectivity index (χ0) is 26.6. The second-order valence-corrected chi connectivity index (χ2v) is 9.96. The van der Waals surface area contributed by atoms with Crippen molar-refractivity contribution in [2.75, 3.05) is 11.9 Å². The van der Waals surface area contributed by atoms with Crippen molar-refractivity contribution >= 4 is 5.82 Å². The Morgan fingerprint density at radius 3 is 2.54 bits per heavy atom. The van der Waals surface area contributed by atoms with Crippen molar-refractivity contribution in [1.29, 1.82) is 0 Å². The molecule has 192 valence electrons. The fraction of sp³-hybridized carbons (Fsp3) is 0.333. The van der Waals surface area contributed by atoms with Crippen molar-refractivity contribution in [2.45, 2.75) is 45.7 Å². The minimum atomic E-state index is -2.92. The zero-order valence-electron chi connectivity index (χ0n) is 21.2. The van der Waals surface area contributed by atoms with Gasteiger partial charge in [-0.25, -0.2) is 23.1 Å². The van der Waals surface area contributed by atoms with Gasteiger partial charge >= 0.3 is 0 Å². The van der Waals surface area contributed by atoms with Crippen molar-refractivity contribution in [2.24, 2.45) is 12.0 Å². The molecule has 1 aromatic carbocycles. The summed E-state index contributed by atoms with van der Waals surface area (Å²) in [5.74, 6) is 1.02. The van der Waals surface area contributed by atoms with Crippen LogP contribution in [0.1, 0.15) is 50.2 Å². The first kappa shape index (κ1) is 24.7. The second kappa shape index (κ2) is 8.86. The van der Waals surface area contributed by atoms with Crippen LogP contribution >= 0.6 is 0 Å². The van der Waals surface area contributed by atoms with E-state index >= 15 is 0 Å². The van der Waals surface area contributed by atoms with E-state index in [1.54, 1.807) is 33.2 Å². The van der Waals surface area contributed by atoms with Crippen molar-refractivity contribution in [3.05, 3.63) is 81.2 Å². The van der Waals surface area contributed by atoms with Crippen LogP contribution in [0, 0.1) is 12.7 Å². The lowest BCUT2D eigenvalue weighted by atomic mass is 10.0. The quantitative estimate of drug-likeness (QED) is 0.423. The van der Waals surface area contributed by atoms with Gasteiger partial charge in [0.05, 0.1) is 22.7 Å². The fourth-order valence-electron chi connectivity index (χ4n) is 4.82. The van der Waals surface area contributed by atoms with Crippen LogP contribution in [0.5, 0.6) is 0 Å². The van der Waals surface area contributed by atoms with Crippen LogP contribution in [0.3, 0.4) is 0 Å². The molecular weight excluding hydrogens is 481 g/mol. The highest BCUT2D eigenvalue weighted by atomic mass is 19.3. The maximum Gasteiger partial charge on any atom is 0.266 e. The number of nitrogens with one attached hydrogen (secondary N) is 1. The predicted molar refractivity (Wildman–Crippen MR) is 135 cm³/mol. The van der Waals surface area contributed by atoms with Gasteiger partial charge in [0, 0.05) is 42.5 Å². The Balaban J connectivity index is 1.79. The molecule has 0 unspecified atom stereocenters. The van der Waals surface area contributed by atoms with Gasteiger partial charge in [-0.1, -0.05) is 18.2 Å². The van der Waals surface area contributed by atoms with E-state index in [4.69, 9.17) is 9.98 Å². The van der Waals surface area contributed by atoms with E-state index in [9.17, 15) is 18.0 Å². The van der Waals surface area contributed by atoms with E-state index in [1.807, 2.05) is 6.07 Å². The lowest BCUT2D eigenvalue weighted by molar-refractivity contribution is 0.146. The fourth-order valence-corrected chi connectivity index (χ4v) is 4.82. The predicted octanol–water partition coefficient (Wildman–Crippen LogP) is 4.96. The van der Waals surface area contributed by atoms with Gasteiger partial charge in [0.15, 0.2) is 5.49 Å². The number of hydrogen-bond donors (Lipinski definition) is 1. The molecule has 3 aliphatic heterocycles. The summed E-state index contributed by atoms with van der Waals surface area (Å²) in [4.78, 5) is 26.0. The molecule has 1 aromatic heterocycles. The summed E-state index contributed by atoms with van der Waals surface area (Å²) in [6.07, 6.45) is -1.16.